The SMILES string of the molecule is CC(=O)OCC=C(C)CCC=O. The van der Waals surface area contributed by atoms with Crippen LogP contribution in [0.1, 0.15) is 26.7 Å². The Hall–Kier alpha value is -1.12. The van der Waals surface area contributed by atoms with Gasteiger partial charge in [-0.2, -0.15) is 0 Å². The number of aldehydes is 1. The first-order valence-electron chi connectivity index (χ1n) is 3.89. The number of allylic oxidation sites excluding steroid dienone is 1. The minimum atomic E-state index is -0.283. The molecule has 0 unspecified atom stereocenters. The Labute approximate surface area is 72.4 Å². The highest BCUT2D eigenvalue weighted by Gasteiger charge is 1.91. The lowest BCUT2D eigenvalue weighted by Gasteiger charge is -1.98. The molecule has 0 rings (SSSR count). The monoisotopic (exact) mass is 170 g/mol. The molecule has 0 radical (unpaired) electrons. The maximum absolute atomic E-state index is 10.3. The largest absolute Gasteiger partial charge is 0.462 e. The van der Waals surface area contributed by atoms with Crippen molar-refractivity contribution in [1.82, 2.24) is 0 Å². The Bertz CT molecular complexity index is 182. The number of ether oxygens (including phenoxy) is 1. The molecule has 0 heterocycles. The quantitative estimate of drug-likeness (QED) is 0.356. The predicted octanol–water partition coefficient (Wildman–Crippen LogP) is 1.47. The average Bonchev–Trinajstić information content (AvgIpc) is 2.00. The number of esters is 1. The van der Waals surface area contributed by atoms with Gasteiger partial charge in [-0.3, -0.25) is 4.79 Å². The van der Waals surface area contributed by atoms with Gasteiger partial charge >= 0.3 is 5.97 Å². The summed E-state index contributed by atoms with van der Waals surface area (Å²) in [5, 5.41) is 0. The van der Waals surface area contributed by atoms with Gasteiger partial charge in [-0.1, -0.05) is 5.57 Å². The minimum absolute atomic E-state index is 0.283. The van der Waals surface area contributed by atoms with E-state index in [1.165, 1.54) is 6.92 Å². The lowest BCUT2D eigenvalue weighted by atomic mass is 10.2. The lowest BCUT2D eigenvalue weighted by Crippen LogP contribution is -1.98. The molecular weight excluding hydrogens is 156 g/mol. The molecule has 0 aromatic heterocycles. The van der Waals surface area contributed by atoms with Crippen molar-refractivity contribution in [2.45, 2.75) is 26.7 Å². The van der Waals surface area contributed by atoms with E-state index in [1.807, 2.05) is 13.0 Å². The molecule has 0 aliphatic rings. The van der Waals surface area contributed by atoms with Crippen molar-refractivity contribution in [3.05, 3.63) is 11.6 Å². The summed E-state index contributed by atoms with van der Waals surface area (Å²) in [4.78, 5) is 20.3. The Balaban J connectivity index is 3.53. The highest BCUT2D eigenvalue weighted by atomic mass is 16.5. The highest BCUT2D eigenvalue weighted by molar-refractivity contribution is 5.66. The van der Waals surface area contributed by atoms with Crippen LogP contribution in [0.4, 0.5) is 0 Å². The normalized spacial score (nSPS) is 11.0. The third kappa shape index (κ3) is 6.99. The third-order valence-corrected chi connectivity index (χ3v) is 1.37. The molecule has 0 aromatic rings. The Morgan fingerprint density at radius 1 is 1.42 bits per heavy atom. The molecule has 68 valence electrons. The van der Waals surface area contributed by atoms with E-state index in [9.17, 15) is 9.59 Å². The first-order chi connectivity index (χ1) is 5.66. The van der Waals surface area contributed by atoms with Gasteiger partial charge in [0, 0.05) is 13.3 Å². The van der Waals surface area contributed by atoms with Crippen LogP contribution in [0.2, 0.25) is 0 Å². The lowest BCUT2D eigenvalue weighted by molar-refractivity contribution is -0.139. The van der Waals surface area contributed by atoms with Gasteiger partial charge in [-0.05, 0) is 19.4 Å². The van der Waals surface area contributed by atoms with Crippen molar-refractivity contribution in [3.8, 4) is 0 Å². The fraction of sp³-hybridized carbons (Fsp3) is 0.556. The summed E-state index contributed by atoms with van der Waals surface area (Å²) in [7, 11) is 0. The summed E-state index contributed by atoms with van der Waals surface area (Å²) in [5.74, 6) is -0.283. The van der Waals surface area contributed by atoms with E-state index in [1.54, 1.807) is 0 Å². The molecule has 0 aliphatic carbocycles. The van der Waals surface area contributed by atoms with E-state index in [4.69, 9.17) is 0 Å². The zero-order chi connectivity index (χ0) is 9.40. The third-order valence-electron chi connectivity index (χ3n) is 1.37. The van der Waals surface area contributed by atoms with E-state index < -0.39 is 0 Å². The molecular formula is C9H14O3. The van der Waals surface area contributed by atoms with E-state index >= 15 is 0 Å². The van der Waals surface area contributed by atoms with Crippen molar-refractivity contribution < 1.29 is 14.3 Å². The molecule has 12 heavy (non-hydrogen) atoms. The number of carbonyl (C=O) groups is 2. The van der Waals surface area contributed by atoms with Gasteiger partial charge in [0.15, 0.2) is 0 Å². The minimum Gasteiger partial charge on any atom is -0.462 e. The maximum Gasteiger partial charge on any atom is 0.302 e. The molecule has 0 atom stereocenters. The number of hydrogen-bond donors (Lipinski definition) is 0. The van der Waals surface area contributed by atoms with Crippen LogP contribution in [-0.2, 0) is 14.3 Å². The van der Waals surface area contributed by atoms with E-state index in [2.05, 4.69) is 4.74 Å². The smallest absolute Gasteiger partial charge is 0.302 e. The van der Waals surface area contributed by atoms with Crippen LogP contribution in [0.15, 0.2) is 11.6 Å². The second kappa shape index (κ2) is 6.58. The van der Waals surface area contributed by atoms with E-state index in [0.717, 1.165) is 18.3 Å². The van der Waals surface area contributed by atoms with Crippen LogP contribution in [0.5, 0.6) is 0 Å². The van der Waals surface area contributed by atoms with Crippen LogP contribution in [0.25, 0.3) is 0 Å². The summed E-state index contributed by atoms with van der Waals surface area (Å²) in [5.41, 5.74) is 1.07. The fourth-order valence-electron chi connectivity index (χ4n) is 0.690. The molecule has 0 saturated heterocycles. The molecule has 0 N–H and O–H groups in total. The second-order valence-corrected chi connectivity index (χ2v) is 2.56. The van der Waals surface area contributed by atoms with Gasteiger partial charge in [0.25, 0.3) is 0 Å². The molecule has 0 aliphatic heterocycles. The van der Waals surface area contributed by atoms with Crippen molar-refractivity contribution >= 4 is 12.3 Å². The Morgan fingerprint density at radius 2 is 2.08 bits per heavy atom. The average molecular weight is 170 g/mol. The molecule has 0 aromatic carbocycles. The maximum atomic E-state index is 10.3. The van der Waals surface area contributed by atoms with Crippen LogP contribution in [0, 0.1) is 0 Å². The Morgan fingerprint density at radius 3 is 2.58 bits per heavy atom. The first-order valence-corrected chi connectivity index (χ1v) is 3.89. The summed E-state index contributed by atoms with van der Waals surface area (Å²) < 4.78 is 4.69. The molecule has 0 saturated carbocycles. The second-order valence-electron chi connectivity index (χ2n) is 2.56. The van der Waals surface area contributed by atoms with Gasteiger partial charge < -0.3 is 9.53 Å². The number of carbonyl (C=O) groups excluding carboxylic acids is 2. The van der Waals surface area contributed by atoms with Crippen LogP contribution in [0.3, 0.4) is 0 Å². The fourth-order valence-corrected chi connectivity index (χ4v) is 0.690. The standard InChI is InChI=1S/C9H14O3/c1-8(4-3-6-10)5-7-12-9(2)11/h5-6H,3-4,7H2,1-2H3. The van der Waals surface area contributed by atoms with Crippen LogP contribution >= 0.6 is 0 Å². The number of rotatable bonds is 5. The van der Waals surface area contributed by atoms with Crippen molar-refractivity contribution in [3.63, 3.8) is 0 Å². The molecule has 0 fully saturated rings. The van der Waals surface area contributed by atoms with Crippen molar-refractivity contribution in [2.75, 3.05) is 6.61 Å². The topological polar surface area (TPSA) is 43.4 Å². The van der Waals surface area contributed by atoms with Crippen molar-refractivity contribution in [2.24, 2.45) is 0 Å². The first kappa shape index (κ1) is 10.9. The van der Waals surface area contributed by atoms with Gasteiger partial charge in [0.1, 0.15) is 12.9 Å². The summed E-state index contributed by atoms with van der Waals surface area (Å²) in [6, 6.07) is 0. The van der Waals surface area contributed by atoms with Crippen LogP contribution in [-0.4, -0.2) is 18.9 Å². The van der Waals surface area contributed by atoms with Gasteiger partial charge in [-0.25, -0.2) is 0 Å². The number of hydrogen-bond acceptors (Lipinski definition) is 3. The highest BCUT2D eigenvalue weighted by Crippen LogP contribution is 2.01. The Kier molecular flexibility index (Phi) is 5.97. The van der Waals surface area contributed by atoms with E-state index in [-0.39, 0.29) is 5.97 Å². The zero-order valence-electron chi connectivity index (χ0n) is 7.50. The summed E-state index contributed by atoms with van der Waals surface area (Å²) in [6.07, 6.45) is 3.96. The molecule has 0 amide bonds. The zero-order valence-corrected chi connectivity index (χ0v) is 7.50. The molecule has 0 spiro atoms. The summed E-state index contributed by atoms with van der Waals surface area (Å²) >= 11 is 0. The van der Waals surface area contributed by atoms with Crippen LogP contribution < -0.4 is 0 Å². The van der Waals surface area contributed by atoms with E-state index in [0.29, 0.717) is 13.0 Å². The van der Waals surface area contributed by atoms with Crippen molar-refractivity contribution in [1.29, 1.82) is 0 Å². The molecule has 0 bridgehead atoms. The summed E-state index contributed by atoms with van der Waals surface area (Å²) in [6.45, 7) is 3.58. The van der Waals surface area contributed by atoms with Gasteiger partial charge in [0.05, 0.1) is 0 Å². The van der Waals surface area contributed by atoms with Gasteiger partial charge in [0.2, 0.25) is 0 Å². The molecule has 3 heteroatoms. The molecule has 3 nitrogen and oxygen atoms in total. The van der Waals surface area contributed by atoms with Gasteiger partial charge in [-0.15, -0.1) is 0 Å². The predicted molar refractivity (Wildman–Crippen MR) is 45.7 cm³/mol.